The molecule has 1 heterocycles. The quantitative estimate of drug-likeness (QED) is 0.789. The second-order valence-corrected chi connectivity index (χ2v) is 8.79. The summed E-state index contributed by atoms with van der Waals surface area (Å²) in [6.45, 7) is 9.12. The van der Waals surface area contributed by atoms with E-state index in [4.69, 9.17) is 4.74 Å². The van der Waals surface area contributed by atoms with Crippen LogP contribution >= 0.6 is 0 Å². The molecule has 1 saturated heterocycles. The van der Waals surface area contributed by atoms with E-state index in [1.165, 1.54) is 57.9 Å². The Balaban J connectivity index is 1.47. The molecular formula is C18H33NO. The molecule has 0 aromatic rings. The van der Waals surface area contributed by atoms with Gasteiger partial charge in [0.15, 0.2) is 0 Å². The Morgan fingerprint density at radius 1 is 1.20 bits per heavy atom. The van der Waals surface area contributed by atoms with Crippen molar-refractivity contribution in [3.63, 3.8) is 0 Å². The average Bonchev–Trinajstić information content (AvgIpc) is 2.81. The van der Waals surface area contributed by atoms with Crippen molar-refractivity contribution in [2.75, 3.05) is 13.2 Å². The van der Waals surface area contributed by atoms with Crippen LogP contribution in [-0.2, 0) is 4.74 Å². The highest BCUT2D eigenvalue weighted by Crippen LogP contribution is 2.61. The smallest absolute Gasteiger partial charge is 0.0576 e. The first-order valence-electron chi connectivity index (χ1n) is 8.82. The largest absolute Gasteiger partial charge is 0.378 e. The summed E-state index contributed by atoms with van der Waals surface area (Å²) in [7, 11) is 0. The van der Waals surface area contributed by atoms with Crippen molar-refractivity contribution in [1.82, 2.24) is 5.32 Å². The van der Waals surface area contributed by atoms with Crippen molar-refractivity contribution >= 4 is 0 Å². The summed E-state index contributed by atoms with van der Waals surface area (Å²) in [5.41, 5.74) is 0.869. The minimum atomic E-state index is 0.258. The maximum Gasteiger partial charge on any atom is 0.0576 e. The lowest BCUT2D eigenvalue weighted by atomic mass is 9.77. The number of ether oxygens (including phenoxy) is 1. The zero-order chi connectivity index (χ0) is 14.2. The van der Waals surface area contributed by atoms with Crippen LogP contribution in [-0.4, -0.2) is 24.8 Å². The molecule has 2 saturated carbocycles. The highest BCUT2D eigenvalue weighted by Gasteiger charge is 2.53. The van der Waals surface area contributed by atoms with Crippen molar-refractivity contribution in [2.24, 2.45) is 17.3 Å². The van der Waals surface area contributed by atoms with Crippen LogP contribution in [0.4, 0.5) is 0 Å². The molecule has 0 radical (unpaired) electrons. The van der Waals surface area contributed by atoms with E-state index in [1.807, 2.05) is 0 Å². The van der Waals surface area contributed by atoms with Gasteiger partial charge >= 0.3 is 0 Å². The first kappa shape index (κ1) is 14.8. The van der Waals surface area contributed by atoms with Gasteiger partial charge in [0.05, 0.1) is 6.10 Å². The lowest BCUT2D eigenvalue weighted by Crippen LogP contribution is -2.43. The fourth-order valence-electron chi connectivity index (χ4n) is 4.47. The molecule has 0 spiro atoms. The van der Waals surface area contributed by atoms with Crippen LogP contribution in [0.1, 0.15) is 72.1 Å². The molecule has 0 aromatic carbocycles. The van der Waals surface area contributed by atoms with Crippen molar-refractivity contribution in [2.45, 2.75) is 83.8 Å². The third-order valence-corrected chi connectivity index (χ3v) is 5.71. The van der Waals surface area contributed by atoms with Crippen LogP contribution in [0.5, 0.6) is 0 Å². The zero-order valence-electron chi connectivity index (χ0n) is 13.7. The van der Waals surface area contributed by atoms with Crippen molar-refractivity contribution in [3.8, 4) is 0 Å². The highest BCUT2D eigenvalue weighted by molar-refractivity contribution is 5.04. The first-order chi connectivity index (χ1) is 9.46. The molecular weight excluding hydrogens is 246 g/mol. The van der Waals surface area contributed by atoms with Gasteiger partial charge in [-0.3, -0.25) is 0 Å². The lowest BCUT2D eigenvalue weighted by Gasteiger charge is -2.35. The van der Waals surface area contributed by atoms with E-state index in [2.05, 4.69) is 26.1 Å². The number of fused-ring (bicyclic) bond motifs is 1. The Labute approximate surface area is 125 Å². The summed E-state index contributed by atoms with van der Waals surface area (Å²) < 4.78 is 5.78. The van der Waals surface area contributed by atoms with E-state index >= 15 is 0 Å². The second kappa shape index (κ2) is 5.61. The molecule has 0 aromatic heterocycles. The van der Waals surface area contributed by atoms with E-state index in [0.717, 1.165) is 18.4 Å². The van der Waals surface area contributed by atoms with E-state index < -0.39 is 0 Å². The summed E-state index contributed by atoms with van der Waals surface area (Å²) in [5, 5.41) is 3.79. The van der Waals surface area contributed by atoms with Crippen LogP contribution in [0, 0.1) is 17.3 Å². The Morgan fingerprint density at radius 3 is 2.55 bits per heavy atom. The van der Waals surface area contributed by atoms with Gasteiger partial charge in [0, 0.05) is 18.7 Å². The summed E-state index contributed by atoms with van der Waals surface area (Å²) in [4.78, 5) is 0. The lowest BCUT2D eigenvalue weighted by molar-refractivity contribution is 0.0956. The SMILES string of the molecule is CC(C)(C)NCC1(CCCC2CCCO2)CC2CC2C1. The Morgan fingerprint density at radius 2 is 1.95 bits per heavy atom. The maximum absolute atomic E-state index is 5.78. The van der Waals surface area contributed by atoms with Crippen LogP contribution in [0.15, 0.2) is 0 Å². The Bertz CT molecular complexity index is 317. The molecule has 1 aliphatic heterocycles. The summed E-state index contributed by atoms with van der Waals surface area (Å²) in [6.07, 6.45) is 11.8. The summed E-state index contributed by atoms with van der Waals surface area (Å²) in [5.74, 6) is 2.17. The fraction of sp³-hybridized carbons (Fsp3) is 1.00. The summed E-state index contributed by atoms with van der Waals surface area (Å²) in [6, 6.07) is 0. The van der Waals surface area contributed by atoms with Gasteiger partial charge in [0.25, 0.3) is 0 Å². The minimum absolute atomic E-state index is 0.258. The molecule has 3 aliphatic rings. The average molecular weight is 279 g/mol. The van der Waals surface area contributed by atoms with Gasteiger partial charge in [0.2, 0.25) is 0 Å². The number of nitrogens with one attached hydrogen (secondary N) is 1. The molecule has 2 heteroatoms. The van der Waals surface area contributed by atoms with Crippen molar-refractivity contribution in [1.29, 1.82) is 0 Å². The Hall–Kier alpha value is -0.0800. The van der Waals surface area contributed by atoms with Crippen molar-refractivity contribution < 1.29 is 4.74 Å². The second-order valence-electron chi connectivity index (χ2n) is 8.79. The van der Waals surface area contributed by atoms with Crippen LogP contribution in [0.25, 0.3) is 0 Å². The molecule has 3 rings (SSSR count). The standard InChI is InChI=1S/C18H33NO/c1-17(2,3)19-13-18(11-14-10-15(14)12-18)8-4-6-16-7-5-9-20-16/h14-16,19H,4-13H2,1-3H3. The topological polar surface area (TPSA) is 21.3 Å². The van der Waals surface area contributed by atoms with E-state index in [1.54, 1.807) is 0 Å². The molecule has 3 atom stereocenters. The normalized spacial score (nSPS) is 40.0. The molecule has 0 amide bonds. The van der Waals surface area contributed by atoms with Gasteiger partial charge < -0.3 is 10.1 Å². The van der Waals surface area contributed by atoms with Crippen LogP contribution in [0.3, 0.4) is 0 Å². The van der Waals surface area contributed by atoms with Gasteiger partial charge in [-0.15, -0.1) is 0 Å². The molecule has 3 fully saturated rings. The predicted octanol–water partition coefficient (Wildman–Crippen LogP) is 4.14. The van der Waals surface area contributed by atoms with E-state index in [0.29, 0.717) is 11.5 Å². The zero-order valence-corrected chi connectivity index (χ0v) is 13.7. The third-order valence-electron chi connectivity index (χ3n) is 5.71. The first-order valence-corrected chi connectivity index (χ1v) is 8.82. The van der Waals surface area contributed by atoms with E-state index in [-0.39, 0.29) is 5.54 Å². The van der Waals surface area contributed by atoms with Crippen LogP contribution in [0.2, 0.25) is 0 Å². The van der Waals surface area contributed by atoms with Crippen molar-refractivity contribution in [3.05, 3.63) is 0 Å². The molecule has 0 bridgehead atoms. The van der Waals surface area contributed by atoms with Gasteiger partial charge in [-0.2, -0.15) is 0 Å². The molecule has 1 N–H and O–H groups in total. The summed E-state index contributed by atoms with van der Waals surface area (Å²) >= 11 is 0. The number of hydrogen-bond donors (Lipinski definition) is 1. The van der Waals surface area contributed by atoms with Gasteiger partial charge in [-0.25, -0.2) is 0 Å². The fourth-order valence-corrected chi connectivity index (χ4v) is 4.47. The van der Waals surface area contributed by atoms with E-state index in [9.17, 15) is 0 Å². The molecule has 2 nitrogen and oxygen atoms in total. The Kier molecular flexibility index (Phi) is 4.16. The maximum atomic E-state index is 5.78. The molecule has 116 valence electrons. The third kappa shape index (κ3) is 3.76. The minimum Gasteiger partial charge on any atom is -0.378 e. The number of rotatable bonds is 6. The highest BCUT2D eigenvalue weighted by atomic mass is 16.5. The monoisotopic (exact) mass is 279 g/mol. The van der Waals surface area contributed by atoms with Gasteiger partial charge in [-0.1, -0.05) is 6.42 Å². The van der Waals surface area contributed by atoms with Crippen LogP contribution < -0.4 is 5.32 Å². The van der Waals surface area contributed by atoms with Gasteiger partial charge in [0.1, 0.15) is 0 Å². The molecule has 20 heavy (non-hydrogen) atoms. The molecule has 3 unspecified atom stereocenters. The number of hydrogen-bond acceptors (Lipinski definition) is 2. The molecule has 2 aliphatic carbocycles. The predicted molar refractivity (Wildman–Crippen MR) is 83.8 cm³/mol. The van der Waals surface area contributed by atoms with Gasteiger partial charge in [-0.05, 0) is 83.0 Å².